The maximum atomic E-state index is 5.96. The molecule has 106 valence electrons. The average Bonchev–Trinajstić information content (AvgIpc) is 2.46. The van der Waals surface area contributed by atoms with Crippen LogP contribution in [-0.4, -0.2) is 14.2 Å². The van der Waals surface area contributed by atoms with Crippen LogP contribution in [0.5, 0.6) is 11.5 Å². The number of aryl methyl sites for hydroxylation is 1. The van der Waals surface area contributed by atoms with E-state index in [4.69, 9.17) is 21.1 Å². The molecule has 0 heterocycles. The van der Waals surface area contributed by atoms with Crippen molar-refractivity contribution < 1.29 is 9.47 Å². The van der Waals surface area contributed by atoms with Gasteiger partial charge in [0.15, 0.2) is 0 Å². The zero-order valence-corrected chi connectivity index (χ0v) is 12.6. The monoisotopic (exact) mass is 291 g/mol. The molecule has 3 nitrogen and oxygen atoms in total. The molecule has 0 aromatic heterocycles. The first-order valence-corrected chi connectivity index (χ1v) is 6.72. The van der Waals surface area contributed by atoms with Crippen LogP contribution in [0.2, 0.25) is 5.02 Å². The van der Waals surface area contributed by atoms with Gasteiger partial charge in [-0.15, -0.1) is 0 Å². The Kier molecular flexibility index (Phi) is 4.74. The van der Waals surface area contributed by atoms with Crippen molar-refractivity contribution in [1.82, 2.24) is 0 Å². The Hall–Kier alpha value is -1.87. The maximum absolute atomic E-state index is 5.96. The molecular formula is C16H18ClNO2. The molecule has 0 aliphatic carbocycles. The number of anilines is 1. The molecule has 0 spiro atoms. The number of benzene rings is 2. The molecule has 0 fully saturated rings. The molecular weight excluding hydrogens is 274 g/mol. The van der Waals surface area contributed by atoms with Crippen LogP contribution in [0.15, 0.2) is 36.4 Å². The molecule has 0 radical (unpaired) electrons. The minimum absolute atomic E-state index is 0.714. The Labute approximate surface area is 124 Å². The number of ether oxygens (including phenoxy) is 2. The Balaban J connectivity index is 2.14. The quantitative estimate of drug-likeness (QED) is 0.892. The van der Waals surface area contributed by atoms with E-state index in [-0.39, 0.29) is 0 Å². The third kappa shape index (κ3) is 3.36. The lowest BCUT2D eigenvalue weighted by atomic mass is 10.1. The van der Waals surface area contributed by atoms with E-state index in [0.29, 0.717) is 6.54 Å². The Bertz CT molecular complexity index is 599. The van der Waals surface area contributed by atoms with Crippen LogP contribution < -0.4 is 14.8 Å². The second-order valence-electron chi connectivity index (χ2n) is 4.49. The van der Waals surface area contributed by atoms with Crippen molar-refractivity contribution in [2.24, 2.45) is 0 Å². The number of hydrogen-bond acceptors (Lipinski definition) is 3. The molecule has 0 saturated heterocycles. The van der Waals surface area contributed by atoms with Gasteiger partial charge in [-0.25, -0.2) is 0 Å². The van der Waals surface area contributed by atoms with E-state index in [0.717, 1.165) is 27.8 Å². The number of halogens is 1. The standard InChI is InChI=1S/C16H18ClNO2/c1-11-8-13(17)5-4-12(11)10-18-15-7-6-14(19-2)9-16(15)20-3/h4-9,18H,10H2,1-3H3. The van der Waals surface area contributed by atoms with Crippen LogP contribution in [0.4, 0.5) is 5.69 Å². The second-order valence-corrected chi connectivity index (χ2v) is 4.93. The van der Waals surface area contributed by atoms with E-state index in [1.54, 1.807) is 14.2 Å². The van der Waals surface area contributed by atoms with Crippen LogP contribution in [0.3, 0.4) is 0 Å². The number of methoxy groups -OCH3 is 2. The smallest absolute Gasteiger partial charge is 0.145 e. The predicted octanol–water partition coefficient (Wildman–Crippen LogP) is 4.28. The summed E-state index contributed by atoms with van der Waals surface area (Å²) in [5.74, 6) is 1.53. The molecule has 0 amide bonds. The van der Waals surface area contributed by atoms with Crippen molar-refractivity contribution in [1.29, 1.82) is 0 Å². The summed E-state index contributed by atoms with van der Waals surface area (Å²) >= 11 is 5.96. The minimum Gasteiger partial charge on any atom is -0.497 e. The maximum Gasteiger partial charge on any atom is 0.145 e. The largest absolute Gasteiger partial charge is 0.497 e. The third-order valence-electron chi connectivity index (χ3n) is 3.18. The van der Waals surface area contributed by atoms with Gasteiger partial charge in [0, 0.05) is 17.6 Å². The zero-order chi connectivity index (χ0) is 14.5. The van der Waals surface area contributed by atoms with Crippen molar-refractivity contribution >= 4 is 17.3 Å². The fraction of sp³-hybridized carbons (Fsp3) is 0.250. The lowest BCUT2D eigenvalue weighted by Gasteiger charge is -2.13. The van der Waals surface area contributed by atoms with E-state index < -0.39 is 0 Å². The van der Waals surface area contributed by atoms with Crippen molar-refractivity contribution in [2.75, 3.05) is 19.5 Å². The lowest BCUT2D eigenvalue weighted by molar-refractivity contribution is 0.395. The molecule has 20 heavy (non-hydrogen) atoms. The third-order valence-corrected chi connectivity index (χ3v) is 3.42. The highest BCUT2D eigenvalue weighted by atomic mass is 35.5. The summed E-state index contributed by atoms with van der Waals surface area (Å²) in [6.45, 7) is 2.76. The summed E-state index contributed by atoms with van der Waals surface area (Å²) in [4.78, 5) is 0. The summed E-state index contributed by atoms with van der Waals surface area (Å²) in [6, 6.07) is 11.6. The van der Waals surface area contributed by atoms with Gasteiger partial charge < -0.3 is 14.8 Å². The first kappa shape index (κ1) is 14.5. The summed E-state index contributed by atoms with van der Waals surface area (Å²) in [6.07, 6.45) is 0. The van der Waals surface area contributed by atoms with Crippen LogP contribution in [0, 0.1) is 6.92 Å². The van der Waals surface area contributed by atoms with Crippen molar-refractivity contribution in [3.8, 4) is 11.5 Å². The van der Waals surface area contributed by atoms with Crippen LogP contribution in [0.1, 0.15) is 11.1 Å². The first-order chi connectivity index (χ1) is 9.63. The normalized spacial score (nSPS) is 10.2. The van der Waals surface area contributed by atoms with E-state index in [1.807, 2.05) is 43.3 Å². The van der Waals surface area contributed by atoms with Crippen LogP contribution in [0.25, 0.3) is 0 Å². The van der Waals surface area contributed by atoms with Gasteiger partial charge in [-0.3, -0.25) is 0 Å². The molecule has 4 heteroatoms. The Morgan fingerprint density at radius 2 is 1.85 bits per heavy atom. The molecule has 2 aromatic carbocycles. The van der Waals surface area contributed by atoms with Gasteiger partial charge in [-0.2, -0.15) is 0 Å². The van der Waals surface area contributed by atoms with Gasteiger partial charge in [0.25, 0.3) is 0 Å². The summed E-state index contributed by atoms with van der Waals surface area (Å²) in [7, 11) is 3.28. The summed E-state index contributed by atoms with van der Waals surface area (Å²) in [5, 5.41) is 4.13. The second kappa shape index (κ2) is 6.53. The summed E-state index contributed by atoms with van der Waals surface area (Å²) < 4.78 is 10.5. The molecule has 1 N–H and O–H groups in total. The van der Waals surface area contributed by atoms with Gasteiger partial charge in [-0.05, 0) is 42.3 Å². The fourth-order valence-electron chi connectivity index (χ4n) is 1.99. The molecule has 0 aliphatic rings. The summed E-state index contributed by atoms with van der Waals surface area (Å²) in [5.41, 5.74) is 3.30. The van der Waals surface area contributed by atoms with Crippen LogP contribution in [-0.2, 0) is 6.54 Å². The van der Waals surface area contributed by atoms with Gasteiger partial charge in [0.1, 0.15) is 11.5 Å². The fourth-order valence-corrected chi connectivity index (χ4v) is 2.22. The van der Waals surface area contributed by atoms with Crippen molar-refractivity contribution in [3.05, 3.63) is 52.5 Å². The first-order valence-electron chi connectivity index (χ1n) is 6.35. The number of hydrogen-bond donors (Lipinski definition) is 1. The molecule has 0 saturated carbocycles. The highest BCUT2D eigenvalue weighted by Gasteiger charge is 2.05. The molecule has 0 bridgehead atoms. The highest BCUT2D eigenvalue weighted by molar-refractivity contribution is 6.30. The molecule has 0 aliphatic heterocycles. The zero-order valence-electron chi connectivity index (χ0n) is 11.9. The Morgan fingerprint density at radius 1 is 1.05 bits per heavy atom. The highest BCUT2D eigenvalue weighted by Crippen LogP contribution is 2.29. The molecule has 0 atom stereocenters. The van der Waals surface area contributed by atoms with Gasteiger partial charge in [0.05, 0.1) is 19.9 Å². The van der Waals surface area contributed by atoms with Gasteiger partial charge in [-0.1, -0.05) is 17.7 Å². The minimum atomic E-state index is 0.714. The molecule has 2 aromatic rings. The average molecular weight is 292 g/mol. The van der Waals surface area contributed by atoms with E-state index in [2.05, 4.69) is 5.32 Å². The van der Waals surface area contributed by atoms with E-state index in [1.165, 1.54) is 5.56 Å². The van der Waals surface area contributed by atoms with Crippen molar-refractivity contribution in [2.45, 2.75) is 13.5 Å². The SMILES string of the molecule is COc1ccc(NCc2ccc(Cl)cc2C)c(OC)c1. The van der Waals surface area contributed by atoms with E-state index in [9.17, 15) is 0 Å². The predicted molar refractivity (Wildman–Crippen MR) is 83.1 cm³/mol. The lowest BCUT2D eigenvalue weighted by Crippen LogP contribution is -2.03. The van der Waals surface area contributed by atoms with Gasteiger partial charge >= 0.3 is 0 Å². The Morgan fingerprint density at radius 3 is 2.50 bits per heavy atom. The number of nitrogens with one attached hydrogen (secondary N) is 1. The van der Waals surface area contributed by atoms with E-state index >= 15 is 0 Å². The topological polar surface area (TPSA) is 30.5 Å². The molecule has 0 unspecified atom stereocenters. The van der Waals surface area contributed by atoms with Crippen molar-refractivity contribution in [3.63, 3.8) is 0 Å². The molecule has 2 rings (SSSR count). The number of rotatable bonds is 5. The van der Waals surface area contributed by atoms with Crippen LogP contribution >= 0.6 is 11.6 Å². The van der Waals surface area contributed by atoms with Gasteiger partial charge in [0.2, 0.25) is 0 Å².